The lowest BCUT2D eigenvalue weighted by molar-refractivity contribution is -0.138. The summed E-state index contributed by atoms with van der Waals surface area (Å²) in [7, 11) is 0. The summed E-state index contributed by atoms with van der Waals surface area (Å²) in [4.78, 5) is 31.6. The van der Waals surface area contributed by atoms with Crippen LogP contribution in [0, 0.1) is 6.92 Å². The molecule has 0 spiro atoms. The van der Waals surface area contributed by atoms with Crippen LogP contribution in [0.2, 0.25) is 0 Å². The second kappa shape index (κ2) is 5.65. The SMILES string of the molecule is CC(C)(C)OC=O.Cc1ccc2c(c1)C(=O)C(=O)N2. The average molecular weight is 263 g/mol. The number of carbonyl (C=O) groups is 3. The van der Waals surface area contributed by atoms with Gasteiger partial charge >= 0.3 is 0 Å². The molecule has 1 aliphatic heterocycles. The quantitative estimate of drug-likeness (QED) is 0.622. The number of hydrogen-bond donors (Lipinski definition) is 1. The van der Waals surface area contributed by atoms with Crippen molar-refractivity contribution in [3.63, 3.8) is 0 Å². The molecule has 1 N–H and O–H groups in total. The number of fused-ring (bicyclic) bond motifs is 1. The lowest BCUT2D eigenvalue weighted by atomic mass is 10.1. The Morgan fingerprint density at radius 3 is 2.32 bits per heavy atom. The second-order valence-corrected chi connectivity index (χ2v) is 5.16. The summed E-state index contributed by atoms with van der Waals surface area (Å²) in [6.45, 7) is 7.81. The van der Waals surface area contributed by atoms with Gasteiger partial charge in [0.2, 0.25) is 0 Å². The van der Waals surface area contributed by atoms with Crippen molar-refractivity contribution in [2.24, 2.45) is 0 Å². The van der Waals surface area contributed by atoms with E-state index < -0.39 is 11.7 Å². The summed E-state index contributed by atoms with van der Waals surface area (Å²) >= 11 is 0. The Hall–Kier alpha value is -2.17. The van der Waals surface area contributed by atoms with Crippen molar-refractivity contribution in [2.45, 2.75) is 33.3 Å². The molecule has 0 radical (unpaired) electrons. The van der Waals surface area contributed by atoms with E-state index in [2.05, 4.69) is 10.1 Å². The monoisotopic (exact) mass is 263 g/mol. The van der Waals surface area contributed by atoms with Crippen LogP contribution in [0.3, 0.4) is 0 Å². The number of aryl methyl sites for hydroxylation is 1. The fraction of sp³-hybridized carbons (Fsp3) is 0.357. The normalized spacial score (nSPS) is 13.1. The summed E-state index contributed by atoms with van der Waals surface area (Å²) in [6, 6.07) is 5.32. The molecule has 1 amide bonds. The van der Waals surface area contributed by atoms with E-state index in [1.54, 1.807) is 12.1 Å². The van der Waals surface area contributed by atoms with Crippen molar-refractivity contribution in [2.75, 3.05) is 5.32 Å². The summed E-state index contributed by atoms with van der Waals surface area (Å²) < 4.78 is 4.55. The molecule has 1 aromatic carbocycles. The van der Waals surface area contributed by atoms with Crippen LogP contribution in [0.1, 0.15) is 36.7 Å². The largest absolute Gasteiger partial charge is 0.462 e. The van der Waals surface area contributed by atoms with Crippen LogP contribution in [0.15, 0.2) is 18.2 Å². The molecule has 102 valence electrons. The molecule has 2 rings (SSSR count). The van der Waals surface area contributed by atoms with Gasteiger partial charge in [-0.1, -0.05) is 11.6 Å². The zero-order chi connectivity index (χ0) is 14.6. The van der Waals surface area contributed by atoms with E-state index in [0.717, 1.165) is 5.56 Å². The molecule has 0 aliphatic carbocycles. The summed E-state index contributed by atoms with van der Waals surface area (Å²) in [5.74, 6) is -0.968. The second-order valence-electron chi connectivity index (χ2n) is 5.16. The third kappa shape index (κ3) is 4.21. The number of amides is 1. The fourth-order valence-electron chi connectivity index (χ4n) is 1.40. The third-order valence-corrected chi connectivity index (χ3v) is 2.28. The van der Waals surface area contributed by atoms with Gasteiger partial charge in [-0.15, -0.1) is 0 Å². The number of benzene rings is 1. The Kier molecular flexibility index (Phi) is 4.43. The van der Waals surface area contributed by atoms with E-state index in [0.29, 0.717) is 17.7 Å². The Morgan fingerprint density at radius 2 is 1.84 bits per heavy atom. The molecule has 0 saturated carbocycles. The van der Waals surface area contributed by atoms with Gasteiger partial charge < -0.3 is 10.1 Å². The highest BCUT2D eigenvalue weighted by Crippen LogP contribution is 2.23. The van der Waals surface area contributed by atoms with Gasteiger partial charge in [0.05, 0.1) is 11.3 Å². The van der Waals surface area contributed by atoms with Crippen molar-refractivity contribution in [3.8, 4) is 0 Å². The van der Waals surface area contributed by atoms with E-state index >= 15 is 0 Å². The molecule has 0 aromatic heterocycles. The third-order valence-electron chi connectivity index (χ3n) is 2.28. The molecule has 0 fully saturated rings. The molecule has 5 heteroatoms. The highest BCUT2D eigenvalue weighted by molar-refractivity contribution is 6.51. The van der Waals surface area contributed by atoms with E-state index in [-0.39, 0.29) is 5.60 Å². The minimum absolute atomic E-state index is 0.318. The molecule has 1 aliphatic rings. The van der Waals surface area contributed by atoms with Gasteiger partial charge in [-0.25, -0.2) is 0 Å². The molecule has 1 aromatic rings. The first-order valence-electron chi connectivity index (χ1n) is 5.82. The number of carbonyl (C=O) groups excluding carboxylic acids is 3. The first-order valence-corrected chi connectivity index (χ1v) is 5.82. The zero-order valence-corrected chi connectivity index (χ0v) is 11.4. The van der Waals surface area contributed by atoms with Gasteiger partial charge in [-0.05, 0) is 39.8 Å². The summed E-state index contributed by atoms with van der Waals surface area (Å²) in [6.07, 6.45) is 0. The molecule has 19 heavy (non-hydrogen) atoms. The summed E-state index contributed by atoms with van der Waals surface area (Å²) in [5.41, 5.74) is 1.77. The Morgan fingerprint density at radius 1 is 1.21 bits per heavy atom. The maximum absolute atomic E-state index is 11.1. The van der Waals surface area contributed by atoms with Crippen molar-refractivity contribution < 1.29 is 19.1 Å². The van der Waals surface area contributed by atoms with E-state index in [1.165, 1.54) is 0 Å². The van der Waals surface area contributed by atoms with Crippen LogP contribution in [0.5, 0.6) is 0 Å². The van der Waals surface area contributed by atoms with Gasteiger partial charge in [0, 0.05) is 0 Å². The number of rotatable bonds is 1. The van der Waals surface area contributed by atoms with Crippen molar-refractivity contribution in [1.82, 2.24) is 0 Å². The lowest BCUT2D eigenvalue weighted by Gasteiger charge is -2.14. The van der Waals surface area contributed by atoms with E-state index in [4.69, 9.17) is 0 Å². The summed E-state index contributed by atoms with van der Waals surface area (Å²) in [5, 5.41) is 2.49. The number of nitrogens with one attached hydrogen (secondary N) is 1. The maximum atomic E-state index is 11.1. The van der Waals surface area contributed by atoms with Crippen LogP contribution in [-0.2, 0) is 14.3 Å². The minimum Gasteiger partial charge on any atom is -0.462 e. The molecule has 5 nitrogen and oxygen atoms in total. The van der Waals surface area contributed by atoms with Crippen molar-refractivity contribution in [3.05, 3.63) is 29.3 Å². The van der Waals surface area contributed by atoms with E-state index in [1.807, 2.05) is 33.8 Å². The Labute approximate surface area is 111 Å². The number of hydrogen-bond acceptors (Lipinski definition) is 4. The average Bonchev–Trinajstić information content (AvgIpc) is 2.55. The Balaban J connectivity index is 0.000000224. The molecular formula is C14H17NO4. The molecule has 0 atom stereocenters. The topological polar surface area (TPSA) is 72.5 Å². The highest BCUT2D eigenvalue weighted by Gasteiger charge is 2.27. The Bertz CT molecular complexity index is 515. The number of ketones is 1. The van der Waals surface area contributed by atoms with Crippen LogP contribution < -0.4 is 5.32 Å². The van der Waals surface area contributed by atoms with Crippen molar-refractivity contribution >= 4 is 23.9 Å². The smallest absolute Gasteiger partial charge is 0.296 e. The molecule has 0 bridgehead atoms. The van der Waals surface area contributed by atoms with Crippen LogP contribution in [-0.4, -0.2) is 23.8 Å². The standard InChI is InChI=1S/C9H7NO2.C5H10O2/c1-5-2-3-7-6(4-5)8(11)9(12)10-7;1-5(2,3)7-4-6/h2-4H,1H3,(H,10,11,12);4H,1-3H3. The maximum Gasteiger partial charge on any atom is 0.296 e. The predicted octanol–water partition coefficient (Wildman–Crippen LogP) is 2.09. The molecule has 0 saturated heterocycles. The zero-order valence-electron chi connectivity index (χ0n) is 11.4. The van der Waals surface area contributed by atoms with Gasteiger partial charge in [0.15, 0.2) is 0 Å². The van der Waals surface area contributed by atoms with Gasteiger partial charge in [-0.3, -0.25) is 14.4 Å². The van der Waals surface area contributed by atoms with Crippen LogP contribution >= 0.6 is 0 Å². The number of anilines is 1. The van der Waals surface area contributed by atoms with Crippen LogP contribution in [0.25, 0.3) is 0 Å². The predicted molar refractivity (Wildman–Crippen MR) is 71.0 cm³/mol. The first-order chi connectivity index (χ1) is 8.74. The minimum atomic E-state index is -0.532. The highest BCUT2D eigenvalue weighted by atomic mass is 16.5. The molecular weight excluding hydrogens is 246 g/mol. The van der Waals surface area contributed by atoms with Crippen LogP contribution in [0.4, 0.5) is 5.69 Å². The van der Waals surface area contributed by atoms with Gasteiger partial charge in [-0.2, -0.15) is 0 Å². The first kappa shape index (κ1) is 14.9. The lowest BCUT2D eigenvalue weighted by Crippen LogP contribution is -2.17. The van der Waals surface area contributed by atoms with Gasteiger partial charge in [0.25, 0.3) is 18.2 Å². The molecule has 1 heterocycles. The molecule has 0 unspecified atom stereocenters. The number of Topliss-reactive ketones (excluding diaryl/α,β-unsaturated/α-hetero) is 1. The van der Waals surface area contributed by atoms with E-state index in [9.17, 15) is 14.4 Å². The van der Waals surface area contributed by atoms with Crippen molar-refractivity contribution in [1.29, 1.82) is 0 Å². The van der Waals surface area contributed by atoms with Gasteiger partial charge in [0.1, 0.15) is 5.60 Å². The fourth-order valence-corrected chi connectivity index (χ4v) is 1.40. The number of ether oxygens (including phenoxy) is 1.